The number of likely N-dealkylation sites (N-methyl/N-ethyl adjacent to an activating group) is 1. The second kappa shape index (κ2) is 9.17. The Balaban J connectivity index is 1.89. The fourth-order valence-corrected chi connectivity index (χ4v) is 2.69. The third kappa shape index (κ3) is 5.72. The number of hydrogen-bond acceptors (Lipinski definition) is 4. The average molecular weight is 379 g/mol. The Bertz CT molecular complexity index is 781. The van der Waals surface area contributed by atoms with Crippen molar-refractivity contribution in [3.05, 3.63) is 63.2 Å². The fourth-order valence-electron chi connectivity index (χ4n) is 2.47. The molecule has 26 heavy (non-hydrogen) atoms. The second-order valence-electron chi connectivity index (χ2n) is 5.86. The number of anilines is 1. The van der Waals surface area contributed by atoms with E-state index in [1.165, 1.54) is 18.2 Å². The van der Waals surface area contributed by atoms with Crippen molar-refractivity contribution in [1.29, 1.82) is 0 Å². The van der Waals surface area contributed by atoms with Gasteiger partial charge in [0.2, 0.25) is 0 Å². The first-order valence-corrected chi connectivity index (χ1v) is 8.53. The van der Waals surface area contributed by atoms with Crippen LogP contribution < -0.4 is 15.0 Å². The highest BCUT2D eigenvalue weighted by molar-refractivity contribution is 6.33. The predicted molar refractivity (Wildman–Crippen MR) is 99.8 cm³/mol. The number of quaternary nitrogens is 1. The summed E-state index contributed by atoms with van der Waals surface area (Å²) in [6.45, 7) is 3.46. The smallest absolute Gasteiger partial charge is 0.279 e. The summed E-state index contributed by atoms with van der Waals surface area (Å²) in [6.07, 6.45) is 0. The Hall–Kier alpha value is -2.64. The molecule has 0 heterocycles. The van der Waals surface area contributed by atoms with Gasteiger partial charge in [0.1, 0.15) is 12.3 Å². The number of ether oxygens (including phenoxy) is 1. The van der Waals surface area contributed by atoms with E-state index in [0.717, 1.165) is 16.2 Å². The molecule has 0 bridgehead atoms. The minimum Gasteiger partial charge on any atom is -0.494 e. The van der Waals surface area contributed by atoms with Gasteiger partial charge < -0.3 is 15.0 Å². The number of nitro benzene ring substituents is 1. The zero-order valence-corrected chi connectivity index (χ0v) is 15.4. The van der Waals surface area contributed by atoms with Gasteiger partial charge in [-0.1, -0.05) is 11.6 Å². The van der Waals surface area contributed by atoms with E-state index in [2.05, 4.69) is 5.32 Å². The van der Waals surface area contributed by atoms with Crippen molar-refractivity contribution in [1.82, 2.24) is 0 Å². The van der Waals surface area contributed by atoms with E-state index >= 15 is 0 Å². The number of nitrogens with zero attached hydrogens (tertiary/aromatic N) is 1. The van der Waals surface area contributed by atoms with Crippen LogP contribution in [0.1, 0.15) is 12.5 Å². The highest BCUT2D eigenvalue weighted by Gasteiger charge is 2.14. The van der Waals surface area contributed by atoms with Gasteiger partial charge in [-0.3, -0.25) is 14.9 Å². The molecule has 138 valence electrons. The number of nitro groups is 1. The Labute approximate surface area is 156 Å². The fraction of sp³-hybridized carbons (Fsp3) is 0.278. The maximum atomic E-state index is 12.2. The van der Waals surface area contributed by atoms with Crippen molar-refractivity contribution in [3.63, 3.8) is 0 Å². The van der Waals surface area contributed by atoms with Crippen LogP contribution in [-0.4, -0.2) is 31.0 Å². The van der Waals surface area contributed by atoms with Gasteiger partial charge in [-0.05, 0) is 37.3 Å². The Morgan fingerprint density at radius 1 is 1.27 bits per heavy atom. The van der Waals surface area contributed by atoms with Crippen LogP contribution in [0, 0.1) is 10.1 Å². The molecule has 2 rings (SSSR count). The van der Waals surface area contributed by atoms with Gasteiger partial charge in [-0.25, -0.2) is 0 Å². The van der Waals surface area contributed by atoms with Crippen LogP contribution in [0.4, 0.5) is 11.4 Å². The molecule has 1 unspecified atom stereocenters. The van der Waals surface area contributed by atoms with Crippen LogP contribution in [-0.2, 0) is 11.3 Å². The molecule has 0 radical (unpaired) electrons. The van der Waals surface area contributed by atoms with Gasteiger partial charge in [0.25, 0.3) is 11.6 Å². The summed E-state index contributed by atoms with van der Waals surface area (Å²) in [5.74, 6) is 0.601. The number of benzene rings is 2. The van der Waals surface area contributed by atoms with E-state index in [-0.39, 0.29) is 23.2 Å². The van der Waals surface area contributed by atoms with Crippen LogP contribution in [0.5, 0.6) is 5.75 Å². The number of hydrogen-bond donors (Lipinski definition) is 2. The normalized spacial score (nSPS) is 11.7. The predicted octanol–water partition coefficient (Wildman–Crippen LogP) is 2.30. The first-order chi connectivity index (χ1) is 12.4. The molecule has 0 fully saturated rings. The number of carbonyl (C=O) groups excluding carboxylic acids is 1. The first kappa shape index (κ1) is 19.7. The highest BCUT2D eigenvalue weighted by atomic mass is 35.5. The summed E-state index contributed by atoms with van der Waals surface area (Å²) in [6, 6.07) is 11.7. The molecule has 2 aromatic carbocycles. The summed E-state index contributed by atoms with van der Waals surface area (Å²) in [5.41, 5.74) is 1.33. The van der Waals surface area contributed by atoms with Gasteiger partial charge in [-0.15, -0.1) is 0 Å². The van der Waals surface area contributed by atoms with Crippen molar-refractivity contribution in [3.8, 4) is 5.75 Å². The van der Waals surface area contributed by atoms with Crippen molar-refractivity contribution in [2.45, 2.75) is 13.5 Å². The zero-order chi connectivity index (χ0) is 19.1. The van der Waals surface area contributed by atoms with E-state index in [1.54, 1.807) is 0 Å². The van der Waals surface area contributed by atoms with Gasteiger partial charge in [0, 0.05) is 17.7 Å². The molecule has 7 nitrogen and oxygen atoms in total. The largest absolute Gasteiger partial charge is 0.494 e. The molecule has 0 aliphatic rings. The minimum atomic E-state index is -0.535. The second-order valence-corrected chi connectivity index (χ2v) is 6.26. The average Bonchev–Trinajstić information content (AvgIpc) is 2.58. The number of halogens is 1. The lowest BCUT2D eigenvalue weighted by Crippen LogP contribution is -3.08. The van der Waals surface area contributed by atoms with Crippen LogP contribution in [0.25, 0.3) is 0 Å². The SMILES string of the molecule is CCOc1ccc(C[NH+](C)CC(=O)Nc2ccc([N+](=O)[O-])cc2Cl)cc1. The monoisotopic (exact) mass is 378 g/mol. The number of rotatable bonds is 8. The van der Waals surface area contributed by atoms with Crippen molar-refractivity contribution in [2.75, 3.05) is 25.5 Å². The molecule has 0 spiro atoms. The van der Waals surface area contributed by atoms with Crippen molar-refractivity contribution in [2.24, 2.45) is 0 Å². The van der Waals surface area contributed by atoms with Crippen LogP contribution in [0.3, 0.4) is 0 Å². The third-order valence-electron chi connectivity index (χ3n) is 3.64. The Morgan fingerprint density at radius 3 is 2.54 bits per heavy atom. The molecular formula is C18H21ClN3O4+. The maximum Gasteiger partial charge on any atom is 0.279 e. The molecule has 2 aromatic rings. The minimum absolute atomic E-state index is 0.119. The number of nitrogens with one attached hydrogen (secondary N) is 2. The molecule has 0 saturated heterocycles. The summed E-state index contributed by atoms with van der Waals surface area (Å²) < 4.78 is 5.41. The summed E-state index contributed by atoms with van der Waals surface area (Å²) in [4.78, 5) is 23.3. The first-order valence-electron chi connectivity index (χ1n) is 8.16. The van der Waals surface area contributed by atoms with Crippen molar-refractivity contribution >= 4 is 28.9 Å². The van der Waals surface area contributed by atoms with Crippen LogP contribution in [0.15, 0.2) is 42.5 Å². The van der Waals surface area contributed by atoms with E-state index < -0.39 is 4.92 Å². The molecule has 8 heteroatoms. The van der Waals surface area contributed by atoms with Gasteiger partial charge >= 0.3 is 0 Å². The Kier molecular flexibility index (Phi) is 6.94. The number of non-ortho nitro benzene ring substituents is 1. The van der Waals surface area contributed by atoms with Crippen molar-refractivity contribution < 1.29 is 19.4 Å². The van der Waals surface area contributed by atoms with E-state index in [4.69, 9.17) is 16.3 Å². The van der Waals surface area contributed by atoms with E-state index in [9.17, 15) is 14.9 Å². The lowest BCUT2D eigenvalue weighted by Gasteiger charge is -2.14. The van der Waals surface area contributed by atoms with E-state index in [1.807, 2.05) is 38.2 Å². The Morgan fingerprint density at radius 2 is 1.96 bits per heavy atom. The van der Waals surface area contributed by atoms with Crippen LogP contribution >= 0.6 is 11.6 Å². The molecule has 1 atom stereocenters. The molecule has 1 amide bonds. The maximum absolute atomic E-state index is 12.2. The van der Waals surface area contributed by atoms with Crippen LogP contribution in [0.2, 0.25) is 5.02 Å². The summed E-state index contributed by atoms with van der Waals surface area (Å²) in [5, 5.41) is 13.5. The molecule has 0 aromatic heterocycles. The standard InChI is InChI=1S/C18H20ClN3O4/c1-3-26-15-7-4-13(5-8-15)11-21(2)12-18(23)20-17-9-6-14(22(24)25)10-16(17)19/h4-10H,3,11-12H2,1-2H3,(H,20,23)/p+1. The number of carbonyl (C=O) groups is 1. The summed E-state index contributed by atoms with van der Waals surface area (Å²) in [7, 11) is 1.91. The molecular weight excluding hydrogens is 358 g/mol. The number of amides is 1. The van der Waals surface area contributed by atoms with E-state index in [0.29, 0.717) is 18.8 Å². The molecule has 2 N–H and O–H groups in total. The van der Waals surface area contributed by atoms with Gasteiger partial charge in [0.15, 0.2) is 6.54 Å². The lowest BCUT2D eigenvalue weighted by atomic mass is 10.2. The quantitative estimate of drug-likeness (QED) is 0.545. The lowest BCUT2D eigenvalue weighted by molar-refractivity contribution is -0.885. The molecule has 0 saturated carbocycles. The van der Waals surface area contributed by atoms with Gasteiger partial charge in [0.05, 0.1) is 29.3 Å². The summed E-state index contributed by atoms with van der Waals surface area (Å²) >= 11 is 5.99. The third-order valence-corrected chi connectivity index (χ3v) is 3.95. The zero-order valence-electron chi connectivity index (χ0n) is 14.6. The topological polar surface area (TPSA) is 85.9 Å². The van der Waals surface area contributed by atoms with Gasteiger partial charge in [-0.2, -0.15) is 0 Å². The molecule has 0 aliphatic heterocycles. The molecule has 0 aliphatic carbocycles. The highest BCUT2D eigenvalue weighted by Crippen LogP contribution is 2.26.